The maximum atomic E-state index is 14.9. The van der Waals surface area contributed by atoms with Crippen LogP contribution in [0.25, 0.3) is 0 Å². The molecule has 2 N–H and O–H groups in total. The van der Waals surface area contributed by atoms with Crippen LogP contribution in [0.4, 0.5) is 8.78 Å². The Morgan fingerprint density at radius 2 is 1.79 bits per heavy atom. The summed E-state index contributed by atoms with van der Waals surface area (Å²) in [6, 6.07) is 5.08. The largest absolute Gasteiger partial charge is 0.494 e. The number of ketones is 1. The fourth-order valence-electron chi connectivity index (χ4n) is 5.12. The third-order valence-electron chi connectivity index (χ3n) is 6.74. The van der Waals surface area contributed by atoms with Gasteiger partial charge in [-0.15, -0.1) is 0 Å². The molecule has 0 aromatic heterocycles. The minimum absolute atomic E-state index is 0.0549. The third-order valence-corrected chi connectivity index (χ3v) is 9.78. The summed E-state index contributed by atoms with van der Waals surface area (Å²) in [5, 5.41) is 0.0549. The summed E-state index contributed by atoms with van der Waals surface area (Å²) in [5.74, 6) is -2.73. The van der Waals surface area contributed by atoms with Crippen LogP contribution in [-0.4, -0.2) is 58.2 Å². The van der Waals surface area contributed by atoms with Crippen LogP contribution in [0.15, 0.2) is 30.3 Å². The van der Waals surface area contributed by atoms with Crippen LogP contribution in [0.3, 0.4) is 0 Å². The predicted molar refractivity (Wildman–Crippen MR) is 142 cm³/mol. The van der Waals surface area contributed by atoms with E-state index in [2.05, 4.69) is 4.72 Å². The van der Waals surface area contributed by atoms with Crippen molar-refractivity contribution >= 4 is 41.1 Å². The van der Waals surface area contributed by atoms with E-state index in [0.29, 0.717) is 24.3 Å². The Labute approximate surface area is 227 Å². The number of Topliss-reactive ketones (excluding diaryl/α,β-unsaturated/α-hetero) is 1. The van der Waals surface area contributed by atoms with E-state index >= 15 is 0 Å². The van der Waals surface area contributed by atoms with E-state index < -0.39 is 66.0 Å². The minimum atomic E-state index is -4.04. The highest BCUT2D eigenvalue weighted by molar-refractivity contribution is 7.88. The van der Waals surface area contributed by atoms with Crippen molar-refractivity contribution in [3.8, 4) is 5.75 Å². The maximum Gasteiger partial charge on any atom is 0.302 e. The van der Waals surface area contributed by atoms with Crippen molar-refractivity contribution in [2.24, 2.45) is 0 Å². The van der Waals surface area contributed by atoms with Gasteiger partial charge in [-0.3, -0.25) is 14.4 Å². The zero-order valence-corrected chi connectivity index (χ0v) is 24.0. The van der Waals surface area contributed by atoms with Gasteiger partial charge in [0.2, 0.25) is 5.91 Å². The standard InChI is InChI=1S/C26H31F2N3O6SSi/c1-5-37-17-6-7-18-16(13-17)8-9-31(23(33)14-21-26(34)30-38(35,36)29-21)24(18)22(32)12-15-10-19(27)25(20(28)11-15)39(2,3)4/h6-7,10-11,13,21,24,29H,5,8-9,12,14H2,1-4H3,(H,30,34)/t21-,24+/m0/s1. The molecule has 0 radical (unpaired) electrons. The highest BCUT2D eigenvalue weighted by Crippen LogP contribution is 2.34. The second-order valence-corrected chi connectivity index (χ2v) is 17.2. The fourth-order valence-corrected chi connectivity index (χ4v) is 7.73. The van der Waals surface area contributed by atoms with E-state index in [4.69, 9.17) is 4.74 Å². The van der Waals surface area contributed by atoms with Gasteiger partial charge in [-0.25, -0.2) is 13.5 Å². The lowest BCUT2D eigenvalue weighted by Crippen LogP contribution is -2.46. The van der Waals surface area contributed by atoms with Crippen molar-refractivity contribution in [2.45, 2.75) is 57.9 Å². The van der Waals surface area contributed by atoms with Crippen LogP contribution in [0.1, 0.15) is 36.1 Å². The summed E-state index contributed by atoms with van der Waals surface area (Å²) in [7, 11) is -6.36. The predicted octanol–water partition coefficient (Wildman–Crippen LogP) is 1.87. The van der Waals surface area contributed by atoms with Gasteiger partial charge in [-0.1, -0.05) is 25.7 Å². The number of nitrogens with zero attached hydrogens (tertiary/aromatic N) is 1. The Morgan fingerprint density at radius 1 is 1.13 bits per heavy atom. The van der Waals surface area contributed by atoms with Gasteiger partial charge in [0.05, 0.1) is 21.1 Å². The van der Waals surface area contributed by atoms with Crippen molar-refractivity contribution < 1.29 is 36.3 Å². The highest BCUT2D eigenvalue weighted by atomic mass is 32.2. The van der Waals surface area contributed by atoms with Gasteiger partial charge in [0, 0.05) is 18.2 Å². The highest BCUT2D eigenvalue weighted by Gasteiger charge is 2.41. The van der Waals surface area contributed by atoms with Crippen molar-refractivity contribution in [3.05, 3.63) is 58.7 Å². The number of benzene rings is 2. The van der Waals surface area contributed by atoms with Gasteiger partial charge in [0.25, 0.3) is 5.91 Å². The molecular weight excluding hydrogens is 548 g/mol. The monoisotopic (exact) mass is 579 g/mol. The molecule has 2 heterocycles. The quantitative estimate of drug-likeness (QED) is 0.461. The summed E-state index contributed by atoms with van der Waals surface area (Å²) in [6.45, 7) is 7.87. The Hall–Kier alpha value is -3.16. The lowest BCUT2D eigenvalue weighted by Gasteiger charge is -2.37. The summed E-state index contributed by atoms with van der Waals surface area (Å²) in [6.07, 6.45) is -0.435. The summed E-state index contributed by atoms with van der Waals surface area (Å²) in [4.78, 5) is 40.4. The Morgan fingerprint density at radius 3 is 2.36 bits per heavy atom. The molecule has 2 aromatic carbocycles. The van der Waals surface area contributed by atoms with Crippen LogP contribution in [0, 0.1) is 11.6 Å². The normalized spacial score (nSPS) is 20.4. The zero-order valence-electron chi connectivity index (χ0n) is 22.1. The summed E-state index contributed by atoms with van der Waals surface area (Å²) in [5.41, 5.74) is 1.47. The zero-order chi connectivity index (χ0) is 28.7. The van der Waals surface area contributed by atoms with E-state index in [1.54, 1.807) is 22.9 Å². The first kappa shape index (κ1) is 28.8. The first-order valence-corrected chi connectivity index (χ1v) is 17.6. The molecule has 2 aliphatic heterocycles. The first-order chi connectivity index (χ1) is 18.2. The first-order valence-electron chi connectivity index (χ1n) is 12.6. The molecule has 2 amide bonds. The smallest absolute Gasteiger partial charge is 0.302 e. The number of fused-ring (bicyclic) bond motifs is 1. The number of rotatable bonds is 8. The van der Waals surface area contributed by atoms with Gasteiger partial charge in [-0.05, 0) is 54.3 Å². The molecule has 39 heavy (non-hydrogen) atoms. The third kappa shape index (κ3) is 6.20. The molecule has 1 fully saturated rings. The molecule has 0 saturated carbocycles. The Bertz CT molecular complexity index is 1420. The second-order valence-electron chi connectivity index (χ2n) is 10.7. The van der Waals surface area contributed by atoms with Gasteiger partial charge in [0.1, 0.15) is 29.5 Å². The molecule has 4 rings (SSSR count). The number of carbonyl (C=O) groups is 3. The van der Waals surface area contributed by atoms with E-state index in [0.717, 1.165) is 5.56 Å². The van der Waals surface area contributed by atoms with Gasteiger partial charge in [0.15, 0.2) is 5.78 Å². The number of hydrogen-bond donors (Lipinski definition) is 2. The topological polar surface area (TPSA) is 122 Å². The van der Waals surface area contributed by atoms with E-state index in [1.807, 2.05) is 26.6 Å². The summed E-state index contributed by atoms with van der Waals surface area (Å²) >= 11 is 0. The van der Waals surface area contributed by atoms with Crippen LogP contribution in [0.5, 0.6) is 5.75 Å². The van der Waals surface area contributed by atoms with Crippen molar-refractivity contribution in [2.75, 3.05) is 13.2 Å². The number of carbonyl (C=O) groups excluding carboxylic acids is 3. The minimum Gasteiger partial charge on any atom is -0.494 e. The van der Waals surface area contributed by atoms with Crippen molar-refractivity contribution in [1.82, 2.24) is 14.3 Å². The van der Waals surface area contributed by atoms with Crippen LogP contribution >= 0.6 is 0 Å². The number of halogens is 2. The molecule has 2 aliphatic rings. The molecular formula is C26H31F2N3O6SSi. The Kier molecular flexibility index (Phi) is 7.97. The van der Waals surface area contributed by atoms with E-state index in [9.17, 15) is 31.6 Å². The van der Waals surface area contributed by atoms with Crippen LogP contribution in [-0.2, 0) is 37.4 Å². The Balaban J connectivity index is 1.66. The number of hydrogen-bond acceptors (Lipinski definition) is 6. The average molecular weight is 580 g/mol. The van der Waals surface area contributed by atoms with Gasteiger partial charge in [-0.2, -0.15) is 13.1 Å². The van der Waals surface area contributed by atoms with Crippen LogP contribution < -0.4 is 19.4 Å². The van der Waals surface area contributed by atoms with Gasteiger partial charge >= 0.3 is 10.2 Å². The SMILES string of the molecule is CCOc1ccc2c(c1)CCN(C(=O)C[C@@H]1NS(=O)(=O)NC1=O)[C@H]2C(=O)Cc1cc(F)c([Si](C)(C)C)c(F)c1. The molecule has 0 bridgehead atoms. The molecule has 210 valence electrons. The lowest BCUT2D eigenvalue weighted by atomic mass is 9.87. The molecule has 0 unspecified atom stereocenters. The maximum absolute atomic E-state index is 14.9. The molecule has 2 atom stereocenters. The molecule has 2 aromatic rings. The average Bonchev–Trinajstić information content (AvgIpc) is 3.07. The number of ether oxygens (including phenoxy) is 1. The van der Waals surface area contributed by atoms with Crippen molar-refractivity contribution in [1.29, 1.82) is 0 Å². The number of nitrogens with one attached hydrogen (secondary N) is 2. The molecule has 0 spiro atoms. The molecule has 13 heteroatoms. The molecule has 9 nitrogen and oxygen atoms in total. The van der Waals surface area contributed by atoms with Gasteiger partial charge < -0.3 is 9.64 Å². The molecule has 1 saturated heterocycles. The fraction of sp³-hybridized carbons (Fsp3) is 0.423. The molecule has 0 aliphatic carbocycles. The van der Waals surface area contributed by atoms with Crippen LogP contribution in [0.2, 0.25) is 19.6 Å². The van der Waals surface area contributed by atoms with Crippen molar-refractivity contribution in [3.63, 3.8) is 0 Å². The van der Waals surface area contributed by atoms with E-state index in [-0.39, 0.29) is 23.7 Å². The second kappa shape index (κ2) is 10.8. The number of amides is 2. The van der Waals surface area contributed by atoms with E-state index in [1.165, 1.54) is 17.0 Å². The lowest BCUT2D eigenvalue weighted by molar-refractivity contribution is -0.141. The summed E-state index contributed by atoms with van der Waals surface area (Å²) < 4.78 is 62.6.